The summed E-state index contributed by atoms with van der Waals surface area (Å²) < 4.78 is 0. The first-order chi connectivity index (χ1) is 7.67. The highest BCUT2D eigenvalue weighted by Crippen LogP contribution is 2.22. The molecule has 0 bridgehead atoms. The number of nitrogens with two attached hydrogens (primary N) is 1. The van der Waals surface area contributed by atoms with Crippen molar-refractivity contribution in [1.82, 2.24) is 5.32 Å². The van der Waals surface area contributed by atoms with E-state index in [4.69, 9.17) is 5.73 Å². The van der Waals surface area contributed by atoms with E-state index < -0.39 is 0 Å². The molecule has 0 aromatic carbocycles. The van der Waals surface area contributed by atoms with Crippen molar-refractivity contribution in [3.8, 4) is 0 Å². The summed E-state index contributed by atoms with van der Waals surface area (Å²) in [4.78, 5) is 11.9. The Morgan fingerprint density at radius 2 is 2.12 bits per heavy atom. The van der Waals surface area contributed by atoms with E-state index in [9.17, 15) is 4.79 Å². The van der Waals surface area contributed by atoms with Gasteiger partial charge in [-0.2, -0.15) is 0 Å². The zero-order valence-corrected chi connectivity index (χ0v) is 10.7. The molecule has 0 saturated heterocycles. The molecule has 1 aliphatic carbocycles. The van der Waals surface area contributed by atoms with Crippen molar-refractivity contribution in [1.29, 1.82) is 0 Å². The van der Waals surface area contributed by atoms with Crippen LogP contribution in [-0.4, -0.2) is 18.5 Å². The van der Waals surface area contributed by atoms with Crippen molar-refractivity contribution >= 4 is 5.91 Å². The number of amides is 1. The Morgan fingerprint density at radius 3 is 2.75 bits per heavy atom. The fourth-order valence-corrected chi connectivity index (χ4v) is 2.41. The molecule has 3 atom stereocenters. The first-order valence-corrected chi connectivity index (χ1v) is 6.67. The van der Waals surface area contributed by atoms with Gasteiger partial charge in [0.1, 0.15) is 0 Å². The highest BCUT2D eigenvalue weighted by molar-refractivity contribution is 5.79. The maximum Gasteiger partial charge on any atom is 0.224 e. The first kappa shape index (κ1) is 13.5. The number of carbonyl (C=O) groups excluding carboxylic acids is 1. The summed E-state index contributed by atoms with van der Waals surface area (Å²) in [5.74, 6) is 0.976. The molecule has 0 spiro atoms. The van der Waals surface area contributed by atoms with E-state index in [0.717, 1.165) is 25.2 Å². The van der Waals surface area contributed by atoms with Crippen LogP contribution in [-0.2, 0) is 4.79 Å². The van der Waals surface area contributed by atoms with Gasteiger partial charge in [-0.1, -0.05) is 26.7 Å². The highest BCUT2D eigenvalue weighted by atomic mass is 16.1. The lowest BCUT2D eigenvalue weighted by Gasteiger charge is -2.20. The quantitative estimate of drug-likeness (QED) is 0.721. The van der Waals surface area contributed by atoms with E-state index in [-0.39, 0.29) is 11.8 Å². The van der Waals surface area contributed by atoms with Crippen molar-refractivity contribution in [3.63, 3.8) is 0 Å². The van der Waals surface area contributed by atoms with Crippen molar-refractivity contribution < 1.29 is 4.79 Å². The Morgan fingerprint density at radius 1 is 1.38 bits per heavy atom. The topological polar surface area (TPSA) is 55.1 Å². The molecule has 3 nitrogen and oxygen atoms in total. The normalized spacial score (nSPS) is 28.2. The second-order valence-corrected chi connectivity index (χ2v) is 5.16. The van der Waals surface area contributed by atoms with Gasteiger partial charge in [0.15, 0.2) is 0 Å². The van der Waals surface area contributed by atoms with E-state index in [1.165, 1.54) is 19.3 Å². The van der Waals surface area contributed by atoms with Gasteiger partial charge in [0, 0.05) is 18.5 Å². The average Bonchev–Trinajstić information content (AvgIpc) is 2.46. The van der Waals surface area contributed by atoms with Crippen molar-refractivity contribution in [3.05, 3.63) is 0 Å². The van der Waals surface area contributed by atoms with Gasteiger partial charge in [0.2, 0.25) is 5.91 Å². The molecule has 3 heteroatoms. The van der Waals surface area contributed by atoms with Crippen molar-refractivity contribution in [2.24, 2.45) is 17.6 Å². The van der Waals surface area contributed by atoms with Crippen LogP contribution < -0.4 is 11.1 Å². The summed E-state index contributed by atoms with van der Waals surface area (Å²) in [5, 5.41) is 3.16. The van der Waals surface area contributed by atoms with Gasteiger partial charge in [-0.15, -0.1) is 0 Å². The van der Waals surface area contributed by atoms with Gasteiger partial charge >= 0.3 is 0 Å². The fourth-order valence-electron chi connectivity index (χ4n) is 2.41. The standard InChI is InChI=1S/C13H26N2O/c1-3-11(9-14)13(16)15-12-6-4-5-10(2)7-8-12/h10-12H,3-9,14H2,1-2H3,(H,15,16). The monoisotopic (exact) mass is 226 g/mol. The molecule has 0 aromatic rings. The molecule has 0 radical (unpaired) electrons. The van der Waals surface area contributed by atoms with E-state index in [1.54, 1.807) is 0 Å². The first-order valence-electron chi connectivity index (χ1n) is 6.67. The third-order valence-electron chi connectivity index (χ3n) is 3.75. The summed E-state index contributed by atoms with van der Waals surface area (Å²) in [6, 6.07) is 0.387. The molecule has 16 heavy (non-hydrogen) atoms. The molecule has 1 rings (SSSR count). The van der Waals surface area contributed by atoms with Crippen molar-refractivity contribution in [2.75, 3.05) is 6.54 Å². The van der Waals surface area contributed by atoms with Gasteiger partial charge in [-0.25, -0.2) is 0 Å². The Balaban J connectivity index is 2.38. The summed E-state index contributed by atoms with van der Waals surface area (Å²) in [5.41, 5.74) is 5.58. The lowest BCUT2D eigenvalue weighted by molar-refractivity contribution is -0.125. The molecule has 3 N–H and O–H groups in total. The Bertz CT molecular complexity index is 214. The van der Waals surface area contributed by atoms with Crippen LogP contribution in [0.3, 0.4) is 0 Å². The van der Waals surface area contributed by atoms with Crippen LogP contribution >= 0.6 is 0 Å². The Kier molecular flexibility index (Phi) is 5.81. The molecular weight excluding hydrogens is 200 g/mol. The summed E-state index contributed by atoms with van der Waals surface area (Å²) >= 11 is 0. The highest BCUT2D eigenvalue weighted by Gasteiger charge is 2.21. The van der Waals surface area contributed by atoms with Crippen LogP contribution in [0, 0.1) is 11.8 Å². The van der Waals surface area contributed by atoms with Gasteiger partial charge in [-0.3, -0.25) is 4.79 Å². The Labute approximate surface area is 99.2 Å². The summed E-state index contributed by atoms with van der Waals surface area (Å²) in [6.45, 7) is 4.79. The van der Waals surface area contributed by atoms with Gasteiger partial charge in [-0.05, 0) is 31.6 Å². The molecule has 94 valence electrons. The molecule has 1 fully saturated rings. The van der Waals surface area contributed by atoms with Crippen LogP contribution in [0.1, 0.15) is 52.4 Å². The van der Waals surface area contributed by atoms with Crippen LogP contribution in [0.4, 0.5) is 0 Å². The summed E-state index contributed by atoms with van der Waals surface area (Å²) in [6.07, 6.45) is 6.90. The van der Waals surface area contributed by atoms with E-state index in [1.807, 2.05) is 6.92 Å². The smallest absolute Gasteiger partial charge is 0.224 e. The van der Waals surface area contributed by atoms with E-state index in [2.05, 4.69) is 12.2 Å². The van der Waals surface area contributed by atoms with Gasteiger partial charge in [0.05, 0.1) is 0 Å². The van der Waals surface area contributed by atoms with Crippen LogP contribution in [0.15, 0.2) is 0 Å². The second kappa shape index (κ2) is 6.89. The zero-order valence-electron chi connectivity index (χ0n) is 10.7. The molecular formula is C13H26N2O. The lowest BCUT2D eigenvalue weighted by Crippen LogP contribution is -2.40. The average molecular weight is 226 g/mol. The SMILES string of the molecule is CCC(CN)C(=O)NC1CCCC(C)CC1. The summed E-state index contributed by atoms with van der Waals surface area (Å²) in [7, 11) is 0. The van der Waals surface area contributed by atoms with Gasteiger partial charge < -0.3 is 11.1 Å². The maximum atomic E-state index is 11.9. The van der Waals surface area contributed by atoms with E-state index >= 15 is 0 Å². The molecule has 1 aliphatic rings. The largest absolute Gasteiger partial charge is 0.353 e. The number of rotatable bonds is 4. The second-order valence-electron chi connectivity index (χ2n) is 5.16. The molecule has 1 saturated carbocycles. The third kappa shape index (κ3) is 4.12. The Hall–Kier alpha value is -0.570. The molecule has 1 amide bonds. The molecule has 0 heterocycles. The number of carbonyl (C=O) groups is 1. The predicted molar refractivity (Wildman–Crippen MR) is 67.0 cm³/mol. The zero-order chi connectivity index (χ0) is 12.0. The molecule has 0 aromatic heterocycles. The molecule has 0 aliphatic heterocycles. The minimum absolute atomic E-state index is 0.000626. The van der Waals surface area contributed by atoms with Gasteiger partial charge in [0.25, 0.3) is 0 Å². The van der Waals surface area contributed by atoms with Crippen LogP contribution in [0.5, 0.6) is 0 Å². The fraction of sp³-hybridized carbons (Fsp3) is 0.923. The number of hydrogen-bond donors (Lipinski definition) is 2. The predicted octanol–water partition coefficient (Wildman–Crippen LogP) is 2.06. The van der Waals surface area contributed by atoms with Crippen molar-refractivity contribution in [2.45, 2.75) is 58.4 Å². The molecule has 3 unspecified atom stereocenters. The number of nitrogens with one attached hydrogen (secondary N) is 1. The minimum atomic E-state index is 0.000626. The number of hydrogen-bond acceptors (Lipinski definition) is 2. The minimum Gasteiger partial charge on any atom is -0.353 e. The van der Waals surface area contributed by atoms with Crippen LogP contribution in [0.25, 0.3) is 0 Å². The third-order valence-corrected chi connectivity index (χ3v) is 3.75. The maximum absolute atomic E-state index is 11.9. The van der Waals surface area contributed by atoms with Crippen LogP contribution in [0.2, 0.25) is 0 Å². The lowest BCUT2D eigenvalue weighted by atomic mass is 10.0. The van der Waals surface area contributed by atoms with E-state index in [0.29, 0.717) is 12.6 Å².